The van der Waals surface area contributed by atoms with Crippen molar-refractivity contribution in [3.8, 4) is 0 Å². The lowest BCUT2D eigenvalue weighted by Crippen LogP contribution is -2.29. The van der Waals surface area contributed by atoms with E-state index in [2.05, 4.69) is 160 Å². The van der Waals surface area contributed by atoms with Gasteiger partial charge in [-0.1, -0.05) is 307 Å². The summed E-state index contributed by atoms with van der Waals surface area (Å²) in [4.78, 5) is 35.3. The number of rotatable bonds is 62. The van der Waals surface area contributed by atoms with Gasteiger partial charge in [-0.2, -0.15) is 0 Å². The molecule has 478 valence electrons. The van der Waals surface area contributed by atoms with Gasteiger partial charge < -0.3 is 20.1 Å². The summed E-state index contributed by atoms with van der Waals surface area (Å²) in [6.45, 7) is 3.60. The van der Waals surface area contributed by atoms with Gasteiger partial charge in [0.05, 0.1) is 13.2 Å². The van der Waals surface area contributed by atoms with E-state index in [9.17, 15) is 19.0 Å². The molecule has 0 saturated carbocycles. The molecule has 10 heteroatoms. The van der Waals surface area contributed by atoms with Crippen molar-refractivity contribution in [3.05, 3.63) is 146 Å². The van der Waals surface area contributed by atoms with Gasteiger partial charge in [0.1, 0.15) is 6.61 Å². The molecule has 0 heterocycles. The van der Waals surface area contributed by atoms with Gasteiger partial charge in [-0.15, -0.1) is 0 Å². The second-order valence-electron chi connectivity index (χ2n) is 22.0. The summed E-state index contributed by atoms with van der Waals surface area (Å²) < 4.78 is 33.1. The third-order valence-corrected chi connectivity index (χ3v) is 15.0. The maximum Gasteiger partial charge on any atom is 0.472 e. The van der Waals surface area contributed by atoms with E-state index >= 15 is 0 Å². The van der Waals surface area contributed by atoms with Crippen LogP contribution in [0.3, 0.4) is 0 Å². The molecule has 0 amide bonds. The number of carbonyl (C=O) groups is 2. The molecule has 0 aromatic carbocycles. The Labute approximate surface area is 516 Å². The average molecular weight is 1190 g/mol. The Morgan fingerprint density at radius 1 is 0.369 bits per heavy atom. The van der Waals surface area contributed by atoms with Gasteiger partial charge in [-0.25, -0.2) is 4.57 Å². The molecule has 2 unspecified atom stereocenters. The third-order valence-electron chi connectivity index (χ3n) is 14.0. The summed E-state index contributed by atoms with van der Waals surface area (Å²) in [5.74, 6) is -0.879. The predicted octanol–water partition coefficient (Wildman–Crippen LogP) is 22.2. The first kappa shape index (κ1) is 79.9. The number of phosphoric ester groups is 1. The quantitative estimate of drug-likeness (QED) is 0.0264. The fourth-order valence-electron chi connectivity index (χ4n) is 9.03. The minimum absolute atomic E-state index is 0.0401. The number of esters is 2. The number of ether oxygens (including phenoxy) is 2. The fraction of sp³-hybridized carbons (Fsp3) is 0.649. The highest BCUT2D eigenvalue weighted by atomic mass is 31.2. The minimum Gasteiger partial charge on any atom is -0.462 e. The molecule has 2 atom stereocenters. The zero-order valence-electron chi connectivity index (χ0n) is 53.6. The van der Waals surface area contributed by atoms with Crippen molar-refractivity contribution in [1.82, 2.24) is 0 Å². The topological polar surface area (TPSA) is 134 Å². The van der Waals surface area contributed by atoms with Crippen molar-refractivity contribution in [2.75, 3.05) is 26.4 Å². The van der Waals surface area contributed by atoms with E-state index in [1.54, 1.807) is 0 Å². The Morgan fingerprint density at radius 2 is 0.655 bits per heavy atom. The van der Waals surface area contributed by atoms with Crippen molar-refractivity contribution in [1.29, 1.82) is 0 Å². The van der Waals surface area contributed by atoms with Crippen molar-refractivity contribution < 1.29 is 37.6 Å². The lowest BCUT2D eigenvalue weighted by atomic mass is 10.0. The molecular formula is C74H124NO8P. The number of phosphoric acid groups is 1. The SMILES string of the molecule is CC/C=C\C/C=C\C/C=C\C/C=C\C/C=C\C/C=C\C/C=C\C/C=C\C/C=C\C/C=C\C/C=C\C/C=C\CCCCC(=O)OC(COC(=O)CCCCCCCCCCCCCCCCCCCCCCCCCC)COP(=O)(O)OCCN. The summed E-state index contributed by atoms with van der Waals surface area (Å²) in [6.07, 6.45) is 97.9. The average Bonchev–Trinajstić information content (AvgIpc) is 3.58. The number of carbonyl (C=O) groups excluding carboxylic acids is 2. The van der Waals surface area contributed by atoms with E-state index in [-0.39, 0.29) is 32.6 Å². The molecule has 0 aliphatic heterocycles. The van der Waals surface area contributed by atoms with Crippen LogP contribution in [0, 0.1) is 0 Å². The van der Waals surface area contributed by atoms with Crippen molar-refractivity contribution in [2.45, 2.75) is 283 Å². The number of hydrogen-bond donors (Lipinski definition) is 2. The predicted molar refractivity (Wildman–Crippen MR) is 362 cm³/mol. The maximum absolute atomic E-state index is 12.7. The van der Waals surface area contributed by atoms with Crippen LogP contribution in [-0.2, 0) is 32.7 Å². The molecule has 0 bridgehead atoms. The van der Waals surface area contributed by atoms with Crippen LogP contribution in [0.2, 0.25) is 0 Å². The summed E-state index contributed by atoms with van der Waals surface area (Å²) in [5, 5.41) is 0. The molecule has 84 heavy (non-hydrogen) atoms. The molecule has 0 aliphatic carbocycles. The Hall–Kier alpha value is -4.11. The second kappa shape index (κ2) is 68.0. The molecule has 0 aliphatic rings. The van der Waals surface area contributed by atoms with Gasteiger partial charge in [0.2, 0.25) is 0 Å². The third kappa shape index (κ3) is 67.0. The molecule has 3 N–H and O–H groups in total. The van der Waals surface area contributed by atoms with Crippen LogP contribution in [0.4, 0.5) is 0 Å². The second-order valence-corrected chi connectivity index (χ2v) is 23.4. The molecular weight excluding hydrogens is 1060 g/mol. The zero-order valence-corrected chi connectivity index (χ0v) is 54.5. The normalized spacial score (nSPS) is 13.9. The largest absolute Gasteiger partial charge is 0.472 e. The summed E-state index contributed by atoms with van der Waals surface area (Å²) >= 11 is 0. The lowest BCUT2D eigenvalue weighted by Gasteiger charge is -2.19. The Bertz CT molecular complexity index is 1890. The first-order chi connectivity index (χ1) is 41.3. The highest BCUT2D eigenvalue weighted by molar-refractivity contribution is 7.47. The van der Waals surface area contributed by atoms with Crippen LogP contribution in [0.25, 0.3) is 0 Å². The van der Waals surface area contributed by atoms with Crippen LogP contribution in [0.1, 0.15) is 277 Å². The number of unbranched alkanes of at least 4 members (excludes halogenated alkanes) is 25. The van der Waals surface area contributed by atoms with Crippen LogP contribution in [0.5, 0.6) is 0 Å². The molecule has 0 rings (SSSR count). The standard InChI is InChI=1S/C74H124NO8P/c1-3-5-7-9-11-13-15-17-19-21-23-25-27-29-30-31-32-33-34-35-36-37-38-39-40-41-42-43-45-47-49-51-53-55-57-59-61-63-65-67-74(77)83-72(71-82-84(78,79)81-69-68-75)70-80-73(76)66-64-62-60-58-56-54-52-50-48-46-44-28-26-24-22-20-18-16-14-12-10-8-6-4-2/h5,7,11,13,17,19,23,25,29-30,32-33,35-36,38-39,41-42,45,47,51,53,57,59,72H,3-4,6,8-10,12,14-16,18,20-22,24,26-28,31,34,37,40,43-44,46,48-50,52,54-56,58,60-71,75H2,1-2H3,(H,78,79)/b7-5-,13-11-,19-17-,25-23-,30-29-,33-32-,36-35-,39-38-,42-41-,47-45-,53-51-,59-57-. The molecule has 0 radical (unpaired) electrons. The van der Waals surface area contributed by atoms with E-state index in [0.717, 1.165) is 109 Å². The zero-order chi connectivity index (χ0) is 60.9. The first-order valence-electron chi connectivity index (χ1n) is 33.8. The highest BCUT2D eigenvalue weighted by Crippen LogP contribution is 2.43. The van der Waals surface area contributed by atoms with E-state index in [1.807, 2.05) is 0 Å². The number of nitrogens with two attached hydrogens (primary N) is 1. The first-order valence-corrected chi connectivity index (χ1v) is 35.3. The van der Waals surface area contributed by atoms with Gasteiger partial charge in [0.15, 0.2) is 6.10 Å². The van der Waals surface area contributed by atoms with E-state index in [1.165, 1.54) is 135 Å². The van der Waals surface area contributed by atoms with Gasteiger partial charge >= 0.3 is 19.8 Å². The summed E-state index contributed by atoms with van der Waals surface area (Å²) in [5.41, 5.74) is 5.39. The molecule has 0 spiro atoms. The van der Waals surface area contributed by atoms with Crippen LogP contribution < -0.4 is 5.73 Å². The minimum atomic E-state index is -4.41. The van der Waals surface area contributed by atoms with E-state index in [0.29, 0.717) is 6.42 Å². The molecule has 0 aromatic heterocycles. The van der Waals surface area contributed by atoms with E-state index < -0.39 is 32.5 Å². The van der Waals surface area contributed by atoms with Gasteiger partial charge in [0.25, 0.3) is 0 Å². The summed E-state index contributed by atoms with van der Waals surface area (Å²) in [6, 6.07) is 0. The van der Waals surface area contributed by atoms with Gasteiger partial charge in [-0.05, 0) is 103 Å². The Balaban J connectivity index is 4.05. The fourth-order valence-corrected chi connectivity index (χ4v) is 9.80. The van der Waals surface area contributed by atoms with Crippen LogP contribution in [-0.4, -0.2) is 49.3 Å². The number of allylic oxidation sites excluding steroid dienone is 24. The van der Waals surface area contributed by atoms with Gasteiger partial charge in [0, 0.05) is 19.4 Å². The van der Waals surface area contributed by atoms with Crippen LogP contribution in [0.15, 0.2) is 146 Å². The molecule has 9 nitrogen and oxygen atoms in total. The highest BCUT2D eigenvalue weighted by Gasteiger charge is 2.26. The van der Waals surface area contributed by atoms with E-state index in [4.69, 9.17) is 24.3 Å². The maximum atomic E-state index is 12.7. The monoisotopic (exact) mass is 1190 g/mol. The molecule has 0 fully saturated rings. The molecule has 0 saturated heterocycles. The Kier molecular flexibility index (Phi) is 64.7. The molecule has 0 aromatic rings. The van der Waals surface area contributed by atoms with Crippen molar-refractivity contribution in [3.63, 3.8) is 0 Å². The number of hydrogen-bond acceptors (Lipinski definition) is 8. The van der Waals surface area contributed by atoms with Crippen molar-refractivity contribution >= 4 is 19.8 Å². The lowest BCUT2D eigenvalue weighted by molar-refractivity contribution is -0.161. The smallest absolute Gasteiger partial charge is 0.462 e. The van der Waals surface area contributed by atoms with Crippen LogP contribution >= 0.6 is 7.82 Å². The van der Waals surface area contributed by atoms with Crippen molar-refractivity contribution in [2.24, 2.45) is 5.73 Å². The summed E-state index contributed by atoms with van der Waals surface area (Å²) in [7, 11) is -4.41. The Morgan fingerprint density at radius 3 is 0.976 bits per heavy atom. The van der Waals surface area contributed by atoms with Gasteiger partial charge in [-0.3, -0.25) is 18.6 Å².